The van der Waals surface area contributed by atoms with Crippen LogP contribution >= 0.6 is 11.3 Å². The molecule has 6 heteroatoms. The standard InChI is InChI=1S/C11H8FNO3S/c1-16-13-10(11(14)15)8-5-17-9-4-6(12)2-3-7(8)9/h2-5H,1H3,(H,14,15)/b13-10+. The lowest BCUT2D eigenvalue weighted by atomic mass is 10.1. The second-order valence-electron chi connectivity index (χ2n) is 3.22. The van der Waals surface area contributed by atoms with Crippen molar-refractivity contribution in [3.63, 3.8) is 0 Å². The summed E-state index contributed by atoms with van der Waals surface area (Å²) in [6, 6.07) is 4.17. The Hall–Kier alpha value is -1.95. The molecule has 4 nitrogen and oxygen atoms in total. The van der Waals surface area contributed by atoms with Crippen LogP contribution in [0.15, 0.2) is 28.7 Å². The number of nitrogens with zero attached hydrogens (tertiary/aromatic N) is 1. The number of carbonyl (C=O) groups is 1. The van der Waals surface area contributed by atoms with Crippen molar-refractivity contribution >= 4 is 33.1 Å². The summed E-state index contributed by atoms with van der Waals surface area (Å²) >= 11 is 1.26. The number of benzene rings is 1. The normalized spacial score (nSPS) is 11.8. The van der Waals surface area contributed by atoms with Crippen LogP contribution in [0, 0.1) is 5.82 Å². The minimum atomic E-state index is -1.18. The van der Waals surface area contributed by atoms with Crippen molar-refractivity contribution in [2.24, 2.45) is 5.16 Å². The van der Waals surface area contributed by atoms with E-state index in [-0.39, 0.29) is 11.5 Å². The minimum Gasteiger partial charge on any atom is -0.476 e. The molecule has 0 radical (unpaired) electrons. The zero-order valence-electron chi connectivity index (χ0n) is 8.81. The van der Waals surface area contributed by atoms with Gasteiger partial charge in [0.2, 0.25) is 0 Å². The van der Waals surface area contributed by atoms with Crippen LogP contribution in [0.2, 0.25) is 0 Å². The third-order valence-electron chi connectivity index (χ3n) is 2.18. The molecule has 1 aromatic carbocycles. The van der Waals surface area contributed by atoms with E-state index in [0.29, 0.717) is 15.6 Å². The maximum atomic E-state index is 13.0. The predicted octanol–water partition coefficient (Wildman–Crippen LogP) is 2.48. The van der Waals surface area contributed by atoms with Crippen LogP contribution in [-0.2, 0) is 9.63 Å². The van der Waals surface area contributed by atoms with Crippen molar-refractivity contribution in [1.82, 2.24) is 0 Å². The van der Waals surface area contributed by atoms with E-state index in [0.717, 1.165) is 0 Å². The SMILES string of the molecule is CO/N=C(/C(=O)O)c1csc2cc(F)ccc12. The van der Waals surface area contributed by atoms with E-state index in [4.69, 9.17) is 5.11 Å². The summed E-state index contributed by atoms with van der Waals surface area (Å²) in [6.07, 6.45) is 0. The number of hydrogen-bond donors (Lipinski definition) is 1. The first-order chi connectivity index (χ1) is 8.13. The fraction of sp³-hybridized carbons (Fsp3) is 0.0909. The Morgan fingerprint density at radius 2 is 2.29 bits per heavy atom. The summed E-state index contributed by atoms with van der Waals surface area (Å²) < 4.78 is 13.7. The number of thiophene rings is 1. The van der Waals surface area contributed by atoms with Gasteiger partial charge in [0.15, 0.2) is 5.71 Å². The molecule has 0 aliphatic heterocycles. The maximum Gasteiger partial charge on any atom is 0.358 e. The van der Waals surface area contributed by atoms with Gasteiger partial charge in [-0.3, -0.25) is 0 Å². The number of carboxylic acids is 1. The van der Waals surface area contributed by atoms with Gasteiger partial charge in [0.05, 0.1) is 0 Å². The average molecular weight is 253 g/mol. The predicted molar refractivity (Wildman–Crippen MR) is 63.0 cm³/mol. The molecule has 0 bridgehead atoms. The van der Waals surface area contributed by atoms with Crippen LogP contribution in [0.3, 0.4) is 0 Å². The lowest BCUT2D eigenvalue weighted by molar-refractivity contribution is -0.129. The third-order valence-corrected chi connectivity index (χ3v) is 3.12. The number of aliphatic carboxylic acids is 1. The summed E-state index contributed by atoms with van der Waals surface area (Å²) in [5, 5.41) is 14.7. The van der Waals surface area contributed by atoms with Crippen LogP contribution < -0.4 is 0 Å². The molecule has 0 aliphatic rings. The highest BCUT2D eigenvalue weighted by Gasteiger charge is 2.18. The van der Waals surface area contributed by atoms with E-state index in [1.165, 1.54) is 36.6 Å². The number of fused-ring (bicyclic) bond motifs is 1. The van der Waals surface area contributed by atoms with Crippen molar-refractivity contribution in [1.29, 1.82) is 0 Å². The molecule has 2 rings (SSSR count). The van der Waals surface area contributed by atoms with E-state index >= 15 is 0 Å². The quantitative estimate of drug-likeness (QED) is 0.675. The zero-order chi connectivity index (χ0) is 12.4. The monoisotopic (exact) mass is 253 g/mol. The van der Waals surface area contributed by atoms with Crippen molar-refractivity contribution in [2.45, 2.75) is 0 Å². The second kappa shape index (κ2) is 4.50. The van der Waals surface area contributed by atoms with Crippen molar-refractivity contribution in [3.05, 3.63) is 35.0 Å². The van der Waals surface area contributed by atoms with Crippen molar-refractivity contribution < 1.29 is 19.1 Å². The molecule has 0 amide bonds. The summed E-state index contributed by atoms with van der Waals surface area (Å²) in [5.41, 5.74) is 0.240. The Morgan fingerprint density at radius 1 is 1.53 bits per heavy atom. The van der Waals surface area contributed by atoms with E-state index in [9.17, 15) is 9.18 Å². The molecule has 2 aromatic rings. The Labute approximate surface area is 99.9 Å². The van der Waals surface area contributed by atoms with Gasteiger partial charge >= 0.3 is 5.97 Å². The van der Waals surface area contributed by atoms with Crippen LogP contribution in [0.4, 0.5) is 4.39 Å². The highest BCUT2D eigenvalue weighted by molar-refractivity contribution is 7.17. The molecule has 1 N–H and O–H groups in total. The lowest BCUT2D eigenvalue weighted by Gasteiger charge is -1.99. The first kappa shape index (κ1) is 11.5. The second-order valence-corrected chi connectivity index (χ2v) is 4.13. The largest absolute Gasteiger partial charge is 0.476 e. The van der Waals surface area contributed by atoms with Crippen molar-refractivity contribution in [2.75, 3.05) is 7.11 Å². The maximum absolute atomic E-state index is 13.0. The number of oxime groups is 1. The van der Waals surface area contributed by atoms with E-state index in [2.05, 4.69) is 9.99 Å². The third kappa shape index (κ3) is 2.12. The molecule has 88 valence electrons. The fourth-order valence-corrected chi connectivity index (χ4v) is 2.45. The number of rotatable bonds is 3. The fourth-order valence-electron chi connectivity index (χ4n) is 1.48. The number of carboxylic acid groups (broad SMARTS) is 1. The van der Waals surface area contributed by atoms with Gasteiger partial charge in [0.25, 0.3) is 0 Å². The Balaban J connectivity index is 2.62. The highest BCUT2D eigenvalue weighted by Crippen LogP contribution is 2.27. The minimum absolute atomic E-state index is 0.189. The van der Waals surface area contributed by atoms with Gasteiger partial charge in [-0.15, -0.1) is 11.3 Å². The summed E-state index contributed by atoms with van der Waals surface area (Å²) in [4.78, 5) is 15.5. The Kier molecular flexibility index (Phi) is 3.06. The summed E-state index contributed by atoms with van der Waals surface area (Å²) in [7, 11) is 1.27. The van der Waals surface area contributed by atoms with Gasteiger partial charge in [-0.1, -0.05) is 5.16 Å². The molecule has 0 unspecified atom stereocenters. The zero-order valence-corrected chi connectivity index (χ0v) is 9.62. The molecule has 1 aromatic heterocycles. The molecule has 0 saturated heterocycles. The molecular weight excluding hydrogens is 245 g/mol. The number of hydrogen-bond acceptors (Lipinski definition) is 4. The molecular formula is C11H8FNO3S. The Morgan fingerprint density at radius 3 is 2.94 bits per heavy atom. The van der Waals surface area contributed by atoms with Crippen LogP contribution in [-0.4, -0.2) is 23.9 Å². The van der Waals surface area contributed by atoms with Gasteiger partial charge in [0, 0.05) is 21.0 Å². The smallest absolute Gasteiger partial charge is 0.358 e. The molecule has 0 atom stereocenters. The summed E-state index contributed by atoms with van der Waals surface area (Å²) in [5.74, 6) is -1.54. The van der Waals surface area contributed by atoms with Gasteiger partial charge in [-0.05, 0) is 18.2 Å². The molecule has 1 heterocycles. The summed E-state index contributed by atoms with van der Waals surface area (Å²) in [6.45, 7) is 0. The van der Waals surface area contributed by atoms with E-state index < -0.39 is 5.97 Å². The molecule has 0 saturated carbocycles. The van der Waals surface area contributed by atoms with E-state index in [1.54, 1.807) is 5.38 Å². The van der Waals surface area contributed by atoms with Gasteiger partial charge in [-0.25, -0.2) is 9.18 Å². The lowest BCUT2D eigenvalue weighted by Crippen LogP contribution is -2.14. The average Bonchev–Trinajstić information content (AvgIpc) is 2.68. The number of halogens is 1. The molecule has 0 spiro atoms. The van der Waals surface area contributed by atoms with Crippen molar-refractivity contribution in [3.8, 4) is 0 Å². The van der Waals surface area contributed by atoms with Crippen LogP contribution in [0.1, 0.15) is 5.56 Å². The van der Waals surface area contributed by atoms with Gasteiger partial charge < -0.3 is 9.94 Å². The molecule has 0 aliphatic carbocycles. The topological polar surface area (TPSA) is 58.9 Å². The first-order valence-corrected chi connectivity index (χ1v) is 5.53. The molecule has 0 fully saturated rings. The van der Waals surface area contributed by atoms with E-state index in [1.807, 2.05) is 0 Å². The first-order valence-electron chi connectivity index (χ1n) is 4.65. The van der Waals surface area contributed by atoms with Crippen LogP contribution in [0.5, 0.6) is 0 Å². The van der Waals surface area contributed by atoms with Crippen LogP contribution in [0.25, 0.3) is 10.1 Å². The van der Waals surface area contributed by atoms with Gasteiger partial charge in [0.1, 0.15) is 12.9 Å². The van der Waals surface area contributed by atoms with Gasteiger partial charge in [-0.2, -0.15) is 0 Å². The molecule has 17 heavy (non-hydrogen) atoms. The Bertz CT molecular complexity index is 606. The highest BCUT2D eigenvalue weighted by atomic mass is 32.1.